The number of carbonyl (C=O) groups excluding carboxylic acids is 1. The molecule has 3 aliphatic rings. The second kappa shape index (κ2) is 11.7. The summed E-state index contributed by atoms with van der Waals surface area (Å²) in [7, 11) is 0. The van der Waals surface area contributed by atoms with E-state index in [4.69, 9.17) is 10.5 Å². The zero-order chi connectivity index (χ0) is 19.5. The van der Waals surface area contributed by atoms with Gasteiger partial charge in [-0.2, -0.15) is 0 Å². The number of hydrogen-bond donors (Lipinski definition) is 2. The Balaban J connectivity index is 0.00000160. The lowest BCUT2D eigenvalue weighted by molar-refractivity contribution is -0.128. The monoisotopic (exact) mass is 457 g/mol. The highest BCUT2D eigenvalue weighted by Crippen LogP contribution is 2.42. The fourth-order valence-corrected chi connectivity index (χ4v) is 5.57. The van der Waals surface area contributed by atoms with Gasteiger partial charge in [0.15, 0.2) is 0 Å². The number of morpholine rings is 1. The molecule has 3 fully saturated rings. The molecule has 1 saturated heterocycles. The van der Waals surface area contributed by atoms with E-state index in [-0.39, 0.29) is 42.7 Å². The predicted molar refractivity (Wildman–Crippen MR) is 125 cm³/mol. The minimum Gasteiger partial charge on any atom is -0.379 e. The Bertz CT molecular complexity index is 670. The van der Waals surface area contributed by atoms with E-state index in [1.807, 2.05) is 0 Å². The molecule has 1 aromatic carbocycles. The third kappa shape index (κ3) is 5.89. The number of nitrogens with two attached hydrogens (primary N) is 1. The zero-order valence-electron chi connectivity index (χ0n) is 17.9. The van der Waals surface area contributed by atoms with E-state index in [0.717, 1.165) is 39.1 Å². The van der Waals surface area contributed by atoms with Gasteiger partial charge in [0, 0.05) is 31.6 Å². The third-order valence-electron chi connectivity index (χ3n) is 7.17. The van der Waals surface area contributed by atoms with Crippen molar-refractivity contribution in [3.05, 3.63) is 35.4 Å². The van der Waals surface area contributed by atoms with Crippen LogP contribution in [-0.4, -0.2) is 49.7 Å². The minimum atomic E-state index is 0. The summed E-state index contributed by atoms with van der Waals surface area (Å²) in [4.78, 5) is 15.5. The Morgan fingerprint density at radius 3 is 2.50 bits per heavy atom. The highest BCUT2D eigenvalue weighted by Gasteiger charge is 2.40. The number of hydrogen-bond acceptors (Lipinski definition) is 4. The van der Waals surface area contributed by atoms with Gasteiger partial charge in [0.25, 0.3) is 0 Å². The van der Waals surface area contributed by atoms with Gasteiger partial charge in [-0.1, -0.05) is 36.2 Å². The Morgan fingerprint density at radius 1 is 1.20 bits per heavy atom. The van der Waals surface area contributed by atoms with Crippen molar-refractivity contribution in [2.24, 2.45) is 23.5 Å². The molecule has 2 aliphatic carbocycles. The van der Waals surface area contributed by atoms with Crippen molar-refractivity contribution >= 4 is 30.7 Å². The molecule has 3 atom stereocenters. The largest absolute Gasteiger partial charge is 0.379 e. The number of carbonyl (C=O) groups is 1. The number of nitrogens with one attached hydrogen (secondary N) is 1. The van der Waals surface area contributed by atoms with E-state index in [1.54, 1.807) is 0 Å². The van der Waals surface area contributed by atoms with Crippen LogP contribution in [0.15, 0.2) is 24.3 Å². The van der Waals surface area contributed by atoms with Gasteiger partial charge in [-0.15, -0.1) is 24.8 Å². The van der Waals surface area contributed by atoms with Crippen LogP contribution < -0.4 is 11.1 Å². The molecule has 1 heterocycles. The molecule has 7 heteroatoms. The molecule has 2 saturated carbocycles. The Morgan fingerprint density at radius 2 is 1.87 bits per heavy atom. The van der Waals surface area contributed by atoms with E-state index in [2.05, 4.69) is 41.4 Å². The standard InChI is InChI=1S/C23H35N3O2.2ClH/c1-16-4-2-5-17(12-16)21(26-8-10-28-11-9-26)15-25-23(27)20-13-18-6-3-7-19(14-20)22(18)24;;/h2,4-5,12,18-22H,3,6-11,13-15,24H2,1H3,(H,25,27);2*1H. The molecule has 3 N–H and O–H groups in total. The van der Waals surface area contributed by atoms with Crippen molar-refractivity contribution in [3.63, 3.8) is 0 Å². The Labute approximate surface area is 193 Å². The van der Waals surface area contributed by atoms with Crippen LogP contribution in [0.1, 0.15) is 49.3 Å². The lowest BCUT2D eigenvalue weighted by Crippen LogP contribution is -2.50. The van der Waals surface area contributed by atoms with Crippen LogP contribution in [0.25, 0.3) is 0 Å². The van der Waals surface area contributed by atoms with Crippen molar-refractivity contribution in [1.82, 2.24) is 10.2 Å². The van der Waals surface area contributed by atoms with Gasteiger partial charge < -0.3 is 15.8 Å². The number of amides is 1. The number of nitrogens with zero attached hydrogens (tertiary/aromatic N) is 1. The lowest BCUT2D eigenvalue weighted by atomic mass is 9.65. The fourth-order valence-electron chi connectivity index (χ4n) is 5.57. The number of fused-ring (bicyclic) bond motifs is 2. The molecule has 1 amide bonds. The van der Waals surface area contributed by atoms with Gasteiger partial charge in [0.2, 0.25) is 5.91 Å². The maximum absolute atomic E-state index is 13.0. The highest BCUT2D eigenvalue weighted by atomic mass is 35.5. The first kappa shape index (κ1) is 25.4. The number of aryl methyl sites for hydroxylation is 1. The molecule has 0 spiro atoms. The molecule has 170 valence electrons. The summed E-state index contributed by atoms with van der Waals surface area (Å²) < 4.78 is 5.54. The number of rotatable bonds is 5. The summed E-state index contributed by atoms with van der Waals surface area (Å²) in [6.07, 6.45) is 5.61. The summed E-state index contributed by atoms with van der Waals surface area (Å²) in [5.41, 5.74) is 8.95. The Kier molecular flexibility index (Phi) is 9.89. The van der Waals surface area contributed by atoms with Crippen molar-refractivity contribution in [2.45, 2.75) is 51.1 Å². The van der Waals surface area contributed by atoms with E-state index in [9.17, 15) is 4.79 Å². The summed E-state index contributed by atoms with van der Waals surface area (Å²) in [5.74, 6) is 1.44. The fraction of sp³-hybridized carbons (Fsp3) is 0.696. The molecule has 5 nitrogen and oxygen atoms in total. The molecule has 3 unspecified atom stereocenters. The quantitative estimate of drug-likeness (QED) is 0.709. The third-order valence-corrected chi connectivity index (χ3v) is 7.17. The lowest BCUT2D eigenvalue weighted by Gasteiger charge is -2.43. The van der Waals surface area contributed by atoms with Crippen LogP contribution in [-0.2, 0) is 9.53 Å². The van der Waals surface area contributed by atoms with Gasteiger partial charge in [0.1, 0.15) is 0 Å². The van der Waals surface area contributed by atoms with E-state index >= 15 is 0 Å². The van der Waals surface area contributed by atoms with Crippen LogP contribution >= 0.6 is 24.8 Å². The summed E-state index contributed by atoms with van der Waals surface area (Å²) in [6.45, 7) is 6.15. The topological polar surface area (TPSA) is 67.6 Å². The normalized spacial score (nSPS) is 29.8. The molecule has 4 rings (SSSR count). The van der Waals surface area contributed by atoms with Crippen molar-refractivity contribution < 1.29 is 9.53 Å². The SMILES string of the molecule is Cc1cccc(C(CNC(=O)C2CC3CCCC(C2)C3N)N2CCOCC2)c1.Cl.Cl. The second-order valence-electron chi connectivity index (χ2n) is 9.02. The maximum atomic E-state index is 13.0. The van der Waals surface area contributed by atoms with E-state index < -0.39 is 0 Å². The zero-order valence-corrected chi connectivity index (χ0v) is 19.6. The first-order valence-electron chi connectivity index (χ1n) is 11.0. The number of benzene rings is 1. The minimum absolute atomic E-state index is 0. The van der Waals surface area contributed by atoms with Crippen LogP contribution in [0.3, 0.4) is 0 Å². The van der Waals surface area contributed by atoms with E-state index in [0.29, 0.717) is 24.4 Å². The van der Waals surface area contributed by atoms with E-state index in [1.165, 1.54) is 30.4 Å². The van der Waals surface area contributed by atoms with Gasteiger partial charge in [-0.05, 0) is 50.0 Å². The van der Waals surface area contributed by atoms with Crippen LogP contribution in [0, 0.1) is 24.7 Å². The first-order valence-corrected chi connectivity index (χ1v) is 11.0. The summed E-state index contributed by atoms with van der Waals surface area (Å²) in [5, 5.41) is 3.31. The molecule has 30 heavy (non-hydrogen) atoms. The van der Waals surface area contributed by atoms with Gasteiger partial charge >= 0.3 is 0 Å². The van der Waals surface area contributed by atoms with Gasteiger partial charge in [0.05, 0.1) is 19.3 Å². The second-order valence-corrected chi connectivity index (χ2v) is 9.02. The van der Waals surface area contributed by atoms with Crippen molar-refractivity contribution in [1.29, 1.82) is 0 Å². The van der Waals surface area contributed by atoms with Crippen LogP contribution in [0.2, 0.25) is 0 Å². The van der Waals surface area contributed by atoms with Crippen molar-refractivity contribution in [2.75, 3.05) is 32.8 Å². The molecular formula is C23H37Cl2N3O2. The summed E-state index contributed by atoms with van der Waals surface area (Å²) in [6, 6.07) is 9.19. The van der Waals surface area contributed by atoms with Gasteiger partial charge in [-0.3, -0.25) is 9.69 Å². The number of halogens is 2. The highest BCUT2D eigenvalue weighted by molar-refractivity contribution is 5.85. The predicted octanol–water partition coefficient (Wildman–Crippen LogP) is 3.48. The molecule has 1 aliphatic heterocycles. The van der Waals surface area contributed by atoms with Crippen LogP contribution in [0.4, 0.5) is 0 Å². The summed E-state index contributed by atoms with van der Waals surface area (Å²) >= 11 is 0. The Hall–Kier alpha value is -0.850. The molecule has 0 radical (unpaired) electrons. The van der Waals surface area contributed by atoms with Crippen LogP contribution in [0.5, 0.6) is 0 Å². The smallest absolute Gasteiger partial charge is 0.223 e. The average molecular weight is 458 g/mol. The molecular weight excluding hydrogens is 421 g/mol. The molecule has 1 aromatic rings. The van der Waals surface area contributed by atoms with Crippen molar-refractivity contribution in [3.8, 4) is 0 Å². The van der Waals surface area contributed by atoms with Gasteiger partial charge in [-0.25, -0.2) is 0 Å². The maximum Gasteiger partial charge on any atom is 0.223 e. The number of ether oxygens (including phenoxy) is 1. The first-order chi connectivity index (χ1) is 13.6. The molecule has 2 bridgehead atoms. The molecule has 0 aromatic heterocycles. The average Bonchev–Trinajstić information content (AvgIpc) is 2.69.